The highest BCUT2D eigenvalue weighted by atomic mass is 15.2. The van der Waals surface area contributed by atoms with Crippen LogP contribution in [0.15, 0.2) is 0 Å². The number of nitrogens with one attached hydrogen (secondary N) is 1. The van der Waals surface area contributed by atoms with Crippen molar-refractivity contribution in [1.82, 2.24) is 15.1 Å². The molecule has 1 rings (SSSR count). The van der Waals surface area contributed by atoms with E-state index in [0.29, 0.717) is 6.04 Å². The lowest BCUT2D eigenvalue weighted by molar-refractivity contribution is 0.142. The SMILES string of the molecule is CCNC(C#N)CCN(C)C1CCN(C)CC1. The van der Waals surface area contributed by atoms with E-state index in [0.717, 1.165) is 19.5 Å². The van der Waals surface area contributed by atoms with Crippen molar-refractivity contribution in [1.29, 1.82) is 5.26 Å². The molecule has 0 radical (unpaired) electrons. The van der Waals surface area contributed by atoms with Gasteiger partial charge in [0.2, 0.25) is 0 Å². The maximum absolute atomic E-state index is 8.98. The summed E-state index contributed by atoms with van der Waals surface area (Å²) in [5, 5.41) is 12.2. The van der Waals surface area contributed by atoms with E-state index >= 15 is 0 Å². The summed E-state index contributed by atoms with van der Waals surface area (Å²) in [6.07, 6.45) is 3.43. The topological polar surface area (TPSA) is 42.3 Å². The third kappa shape index (κ3) is 5.03. The summed E-state index contributed by atoms with van der Waals surface area (Å²) in [6, 6.07) is 3.03. The highest BCUT2D eigenvalue weighted by Gasteiger charge is 2.20. The smallest absolute Gasteiger partial charge is 0.0965 e. The predicted octanol–water partition coefficient (Wildman–Crippen LogP) is 0.904. The Morgan fingerprint density at radius 3 is 2.65 bits per heavy atom. The third-order valence-corrected chi connectivity index (χ3v) is 3.69. The van der Waals surface area contributed by atoms with Gasteiger partial charge < -0.3 is 15.1 Å². The first-order valence-electron chi connectivity index (χ1n) is 6.69. The van der Waals surface area contributed by atoms with E-state index in [-0.39, 0.29) is 6.04 Å². The Morgan fingerprint density at radius 1 is 1.47 bits per heavy atom. The quantitative estimate of drug-likeness (QED) is 0.747. The largest absolute Gasteiger partial charge is 0.306 e. The number of nitriles is 1. The molecule has 0 aromatic heterocycles. The number of rotatable bonds is 6. The molecule has 1 aliphatic rings. The van der Waals surface area contributed by atoms with Gasteiger partial charge in [-0.1, -0.05) is 6.92 Å². The van der Waals surface area contributed by atoms with Gasteiger partial charge in [-0.15, -0.1) is 0 Å². The van der Waals surface area contributed by atoms with Crippen LogP contribution < -0.4 is 5.32 Å². The van der Waals surface area contributed by atoms with Crippen LogP contribution in [0.5, 0.6) is 0 Å². The van der Waals surface area contributed by atoms with E-state index < -0.39 is 0 Å². The molecular weight excluding hydrogens is 212 g/mol. The molecule has 17 heavy (non-hydrogen) atoms. The highest BCUT2D eigenvalue weighted by molar-refractivity contribution is 4.90. The van der Waals surface area contributed by atoms with Crippen molar-refractivity contribution in [2.24, 2.45) is 0 Å². The summed E-state index contributed by atoms with van der Waals surface area (Å²) >= 11 is 0. The van der Waals surface area contributed by atoms with E-state index in [1.807, 2.05) is 6.92 Å². The fraction of sp³-hybridized carbons (Fsp3) is 0.923. The van der Waals surface area contributed by atoms with E-state index in [9.17, 15) is 0 Å². The van der Waals surface area contributed by atoms with Crippen LogP contribution >= 0.6 is 0 Å². The van der Waals surface area contributed by atoms with Gasteiger partial charge >= 0.3 is 0 Å². The van der Waals surface area contributed by atoms with E-state index in [1.54, 1.807) is 0 Å². The molecule has 0 aromatic carbocycles. The van der Waals surface area contributed by atoms with E-state index in [2.05, 4.69) is 35.3 Å². The molecule has 1 N–H and O–H groups in total. The first kappa shape index (κ1) is 14.4. The average Bonchev–Trinajstić information content (AvgIpc) is 2.35. The second kappa shape index (κ2) is 7.65. The second-order valence-electron chi connectivity index (χ2n) is 5.04. The molecule has 0 aromatic rings. The van der Waals surface area contributed by atoms with Gasteiger partial charge in [-0.3, -0.25) is 0 Å². The highest BCUT2D eigenvalue weighted by Crippen LogP contribution is 2.14. The Morgan fingerprint density at radius 2 is 2.12 bits per heavy atom. The zero-order valence-electron chi connectivity index (χ0n) is 11.4. The van der Waals surface area contributed by atoms with Gasteiger partial charge in [0.05, 0.1) is 12.1 Å². The van der Waals surface area contributed by atoms with Crippen molar-refractivity contribution in [3.05, 3.63) is 0 Å². The molecule has 0 saturated carbocycles. The molecule has 0 bridgehead atoms. The van der Waals surface area contributed by atoms with Crippen LogP contribution in [0.1, 0.15) is 26.2 Å². The zero-order chi connectivity index (χ0) is 12.7. The van der Waals surface area contributed by atoms with Crippen molar-refractivity contribution in [3.63, 3.8) is 0 Å². The summed E-state index contributed by atoms with van der Waals surface area (Å²) in [7, 11) is 4.38. The summed E-state index contributed by atoms with van der Waals surface area (Å²) < 4.78 is 0. The molecule has 4 nitrogen and oxygen atoms in total. The normalized spacial score (nSPS) is 20.4. The van der Waals surface area contributed by atoms with E-state index in [4.69, 9.17) is 5.26 Å². The maximum Gasteiger partial charge on any atom is 0.0965 e. The summed E-state index contributed by atoms with van der Waals surface area (Å²) in [5.41, 5.74) is 0. The first-order chi connectivity index (χ1) is 8.17. The number of piperidine rings is 1. The Bertz CT molecular complexity index is 240. The Labute approximate surface area is 106 Å². The molecule has 98 valence electrons. The molecule has 1 fully saturated rings. The summed E-state index contributed by atoms with van der Waals surface area (Å²) in [4.78, 5) is 4.82. The molecular formula is C13H26N4. The molecule has 0 aliphatic carbocycles. The lowest BCUT2D eigenvalue weighted by atomic mass is 10.0. The molecule has 0 amide bonds. The van der Waals surface area contributed by atoms with Gasteiger partial charge in [-0.25, -0.2) is 0 Å². The molecule has 1 aliphatic heterocycles. The minimum Gasteiger partial charge on any atom is -0.306 e. The predicted molar refractivity (Wildman–Crippen MR) is 70.8 cm³/mol. The maximum atomic E-state index is 8.98. The van der Waals surface area contributed by atoms with Gasteiger partial charge in [-0.2, -0.15) is 5.26 Å². The van der Waals surface area contributed by atoms with E-state index in [1.165, 1.54) is 25.9 Å². The average molecular weight is 238 g/mol. The molecule has 1 unspecified atom stereocenters. The van der Waals surface area contributed by atoms with Gasteiger partial charge in [0.15, 0.2) is 0 Å². The minimum absolute atomic E-state index is 0.00807. The molecule has 0 spiro atoms. The Hall–Kier alpha value is -0.630. The Balaban J connectivity index is 2.24. The number of hydrogen-bond donors (Lipinski definition) is 1. The molecule has 1 saturated heterocycles. The van der Waals surface area contributed by atoms with Gasteiger partial charge in [0.25, 0.3) is 0 Å². The second-order valence-corrected chi connectivity index (χ2v) is 5.04. The van der Waals surface area contributed by atoms with Crippen LogP contribution in [0.2, 0.25) is 0 Å². The van der Waals surface area contributed by atoms with Crippen molar-refractivity contribution in [2.75, 3.05) is 40.3 Å². The zero-order valence-corrected chi connectivity index (χ0v) is 11.4. The molecule has 1 heterocycles. The van der Waals surface area contributed by atoms with Crippen LogP contribution in [0, 0.1) is 11.3 Å². The lowest BCUT2D eigenvalue weighted by Crippen LogP contribution is -2.43. The van der Waals surface area contributed by atoms with Crippen LogP contribution in [0.3, 0.4) is 0 Å². The fourth-order valence-corrected chi connectivity index (χ4v) is 2.41. The summed E-state index contributed by atoms with van der Waals surface area (Å²) in [5.74, 6) is 0. The molecule has 1 atom stereocenters. The van der Waals surface area contributed by atoms with Crippen molar-refractivity contribution in [2.45, 2.75) is 38.3 Å². The van der Waals surface area contributed by atoms with Gasteiger partial charge in [0, 0.05) is 12.6 Å². The Kier molecular flexibility index (Phi) is 6.49. The summed E-state index contributed by atoms with van der Waals surface area (Å²) in [6.45, 7) is 6.33. The lowest BCUT2D eigenvalue weighted by Gasteiger charge is -2.35. The standard InChI is InChI=1S/C13H26N4/c1-4-15-12(11-14)5-10-17(3)13-6-8-16(2)9-7-13/h12-13,15H,4-10H2,1-3H3. The van der Waals surface area contributed by atoms with Crippen LogP contribution in [0.25, 0.3) is 0 Å². The van der Waals surface area contributed by atoms with Crippen molar-refractivity contribution in [3.8, 4) is 6.07 Å². The molecule has 4 heteroatoms. The number of likely N-dealkylation sites (tertiary alicyclic amines) is 1. The van der Waals surface area contributed by atoms with Crippen molar-refractivity contribution < 1.29 is 0 Å². The first-order valence-corrected chi connectivity index (χ1v) is 6.69. The number of nitrogens with zero attached hydrogens (tertiary/aromatic N) is 3. The fourth-order valence-electron chi connectivity index (χ4n) is 2.41. The van der Waals surface area contributed by atoms with Crippen LogP contribution in [0.4, 0.5) is 0 Å². The minimum atomic E-state index is 0.00807. The van der Waals surface area contributed by atoms with Crippen LogP contribution in [-0.2, 0) is 0 Å². The monoisotopic (exact) mass is 238 g/mol. The number of hydrogen-bond acceptors (Lipinski definition) is 4. The van der Waals surface area contributed by atoms with Gasteiger partial charge in [-0.05, 0) is 53.0 Å². The van der Waals surface area contributed by atoms with Crippen LogP contribution in [-0.4, -0.2) is 62.2 Å². The van der Waals surface area contributed by atoms with Gasteiger partial charge in [0.1, 0.15) is 0 Å². The third-order valence-electron chi connectivity index (χ3n) is 3.69. The van der Waals surface area contributed by atoms with Crippen molar-refractivity contribution >= 4 is 0 Å².